The van der Waals surface area contributed by atoms with Crippen LogP contribution in [0.15, 0.2) is 34.6 Å². The SMILES string of the molecule is CC(C)CNCc1ccc(Sc2nncn2C)c(Cl)c1. The van der Waals surface area contributed by atoms with Crippen LogP contribution in [0.3, 0.4) is 0 Å². The van der Waals surface area contributed by atoms with Crippen molar-refractivity contribution >= 4 is 23.4 Å². The smallest absolute Gasteiger partial charge is 0.195 e. The fourth-order valence-electron chi connectivity index (χ4n) is 1.71. The van der Waals surface area contributed by atoms with Gasteiger partial charge in [0, 0.05) is 18.5 Å². The van der Waals surface area contributed by atoms with Crippen LogP contribution in [0.4, 0.5) is 0 Å². The van der Waals surface area contributed by atoms with Gasteiger partial charge in [-0.1, -0.05) is 31.5 Å². The number of nitrogens with zero attached hydrogens (tertiary/aromatic N) is 3. The first-order valence-corrected chi connectivity index (χ1v) is 7.76. The highest BCUT2D eigenvalue weighted by atomic mass is 35.5. The second kappa shape index (κ2) is 7.11. The molecule has 2 aromatic rings. The van der Waals surface area contributed by atoms with Gasteiger partial charge in [-0.25, -0.2) is 0 Å². The van der Waals surface area contributed by atoms with Crippen molar-refractivity contribution < 1.29 is 0 Å². The number of nitrogens with one attached hydrogen (secondary N) is 1. The first-order chi connectivity index (χ1) is 9.56. The summed E-state index contributed by atoms with van der Waals surface area (Å²) in [5.74, 6) is 0.649. The minimum Gasteiger partial charge on any atom is -0.312 e. The molecular weight excluding hydrogens is 292 g/mol. The molecule has 1 aromatic carbocycles. The summed E-state index contributed by atoms with van der Waals surface area (Å²) in [6.07, 6.45) is 1.68. The largest absolute Gasteiger partial charge is 0.312 e. The molecule has 0 aliphatic carbocycles. The van der Waals surface area contributed by atoms with E-state index in [-0.39, 0.29) is 0 Å². The van der Waals surface area contributed by atoms with Crippen LogP contribution in [-0.4, -0.2) is 21.3 Å². The predicted molar refractivity (Wildman–Crippen MR) is 83.1 cm³/mol. The maximum atomic E-state index is 6.33. The van der Waals surface area contributed by atoms with Crippen molar-refractivity contribution in [3.63, 3.8) is 0 Å². The quantitative estimate of drug-likeness (QED) is 0.888. The molecule has 20 heavy (non-hydrogen) atoms. The van der Waals surface area contributed by atoms with Gasteiger partial charge < -0.3 is 9.88 Å². The molecular formula is C14H19ClN4S. The topological polar surface area (TPSA) is 42.7 Å². The van der Waals surface area contributed by atoms with E-state index in [4.69, 9.17) is 11.6 Å². The van der Waals surface area contributed by atoms with Crippen molar-refractivity contribution in [1.82, 2.24) is 20.1 Å². The molecule has 0 unspecified atom stereocenters. The lowest BCUT2D eigenvalue weighted by molar-refractivity contribution is 0.552. The Labute approximate surface area is 128 Å². The fraction of sp³-hybridized carbons (Fsp3) is 0.429. The molecule has 1 N–H and O–H groups in total. The molecule has 0 amide bonds. The van der Waals surface area contributed by atoms with E-state index < -0.39 is 0 Å². The van der Waals surface area contributed by atoms with Crippen molar-refractivity contribution in [2.24, 2.45) is 13.0 Å². The van der Waals surface area contributed by atoms with Crippen molar-refractivity contribution in [1.29, 1.82) is 0 Å². The molecule has 0 bridgehead atoms. The summed E-state index contributed by atoms with van der Waals surface area (Å²) >= 11 is 7.86. The first-order valence-electron chi connectivity index (χ1n) is 6.57. The molecule has 6 heteroatoms. The van der Waals surface area contributed by atoms with Crippen LogP contribution < -0.4 is 5.32 Å². The fourth-order valence-corrected chi connectivity index (χ4v) is 2.79. The summed E-state index contributed by atoms with van der Waals surface area (Å²) in [6, 6.07) is 6.14. The number of rotatable bonds is 6. The normalized spacial score (nSPS) is 11.2. The number of aromatic nitrogens is 3. The second-order valence-corrected chi connectivity index (χ2v) is 6.53. The van der Waals surface area contributed by atoms with E-state index in [1.54, 1.807) is 6.33 Å². The number of hydrogen-bond donors (Lipinski definition) is 1. The monoisotopic (exact) mass is 310 g/mol. The van der Waals surface area contributed by atoms with Crippen LogP contribution in [0.5, 0.6) is 0 Å². The Kier molecular flexibility index (Phi) is 5.46. The van der Waals surface area contributed by atoms with E-state index in [2.05, 4.69) is 35.4 Å². The van der Waals surface area contributed by atoms with Gasteiger partial charge in [-0.3, -0.25) is 0 Å². The van der Waals surface area contributed by atoms with Crippen LogP contribution in [0.2, 0.25) is 5.02 Å². The van der Waals surface area contributed by atoms with Gasteiger partial charge in [-0.05, 0) is 41.9 Å². The van der Waals surface area contributed by atoms with E-state index in [1.807, 2.05) is 23.7 Å². The summed E-state index contributed by atoms with van der Waals surface area (Å²) in [5.41, 5.74) is 1.19. The molecule has 0 atom stereocenters. The Bertz CT molecular complexity index is 568. The van der Waals surface area contributed by atoms with Gasteiger partial charge in [0.25, 0.3) is 0 Å². The standard InChI is InChI=1S/C14H19ClN4S/c1-10(2)7-16-8-11-4-5-13(12(15)6-11)20-14-18-17-9-19(14)3/h4-6,9-10,16H,7-8H2,1-3H3. The molecule has 1 aromatic heterocycles. The van der Waals surface area contributed by atoms with Gasteiger partial charge in [-0.2, -0.15) is 0 Å². The van der Waals surface area contributed by atoms with Crippen molar-refractivity contribution in [3.05, 3.63) is 35.1 Å². The second-order valence-electron chi connectivity index (χ2n) is 5.12. The molecule has 4 nitrogen and oxygen atoms in total. The zero-order chi connectivity index (χ0) is 14.5. The van der Waals surface area contributed by atoms with Gasteiger partial charge in [-0.15, -0.1) is 10.2 Å². The maximum absolute atomic E-state index is 6.33. The first kappa shape index (κ1) is 15.4. The third kappa shape index (κ3) is 4.23. The van der Waals surface area contributed by atoms with Gasteiger partial charge in [0.2, 0.25) is 0 Å². The lowest BCUT2D eigenvalue weighted by Crippen LogP contribution is -2.18. The van der Waals surface area contributed by atoms with Gasteiger partial charge in [0.1, 0.15) is 6.33 Å². The third-order valence-corrected chi connectivity index (χ3v) is 4.30. The van der Waals surface area contributed by atoms with Crippen LogP contribution in [0.1, 0.15) is 19.4 Å². The van der Waals surface area contributed by atoms with E-state index in [1.165, 1.54) is 17.3 Å². The number of hydrogen-bond acceptors (Lipinski definition) is 4. The molecule has 0 aliphatic heterocycles. The van der Waals surface area contributed by atoms with Crippen molar-refractivity contribution in [2.75, 3.05) is 6.54 Å². The molecule has 0 aliphatic rings. The molecule has 1 heterocycles. The lowest BCUT2D eigenvalue weighted by atomic mass is 10.2. The summed E-state index contributed by atoms with van der Waals surface area (Å²) in [7, 11) is 1.92. The van der Waals surface area contributed by atoms with E-state index >= 15 is 0 Å². The number of halogens is 1. The van der Waals surface area contributed by atoms with Crippen LogP contribution >= 0.6 is 23.4 Å². The third-order valence-electron chi connectivity index (χ3n) is 2.75. The number of benzene rings is 1. The average Bonchev–Trinajstić information content (AvgIpc) is 2.78. The summed E-state index contributed by atoms with van der Waals surface area (Å²) in [5, 5.41) is 12.9. The predicted octanol–water partition coefficient (Wildman–Crippen LogP) is 3.37. The van der Waals surface area contributed by atoms with Crippen LogP contribution in [-0.2, 0) is 13.6 Å². The molecule has 0 saturated carbocycles. The highest BCUT2D eigenvalue weighted by Gasteiger charge is 2.08. The maximum Gasteiger partial charge on any atom is 0.195 e. The van der Waals surface area contributed by atoms with Gasteiger partial charge in [0.15, 0.2) is 5.16 Å². The Morgan fingerprint density at radius 2 is 2.20 bits per heavy atom. The minimum atomic E-state index is 0.649. The Balaban J connectivity index is 2.01. The average molecular weight is 311 g/mol. The summed E-state index contributed by atoms with van der Waals surface area (Å²) in [4.78, 5) is 0.996. The molecule has 0 saturated heterocycles. The molecule has 0 fully saturated rings. The zero-order valence-corrected chi connectivity index (χ0v) is 13.5. The molecule has 0 radical (unpaired) electrons. The molecule has 0 spiro atoms. The van der Waals surface area contributed by atoms with Crippen molar-refractivity contribution in [2.45, 2.75) is 30.4 Å². The highest BCUT2D eigenvalue weighted by molar-refractivity contribution is 7.99. The molecule has 2 rings (SSSR count). The summed E-state index contributed by atoms with van der Waals surface area (Å²) in [6.45, 7) is 6.24. The van der Waals surface area contributed by atoms with Crippen LogP contribution in [0, 0.1) is 5.92 Å². The Hall–Kier alpha value is -1.04. The Morgan fingerprint density at radius 1 is 1.40 bits per heavy atom. The van der Waals surface area contributed by atoms with Gasteiger partial charge in [0.05, 0.1) is 5.02 Å². The van der Waals surface area contributed by atoms with Crippen LogP contribution in [0.25, 0.3) is 0 Å². The van der Waals surface area contributed by atoms with E-state index in [0.717, 1.165) is 28.2 Å². The molecule has 108 valence electrons. The van der Waals surface area contributed by atoms with E-state index in [0.29, 0.717) is 5.92 Å². The number of aryl methyl sites for hydroxylation is 1. The minimum absolute atomic E-state index is 0.649. The zero-order valence-electron chi connectivity index (χ0n) is 11.9. The summed E-state index contributed by atoms with van der Waals surface area (Å²) < 4.78 is 1.87. The Morgan fingerprint density at radius 3 is 2.80 bits per heavy atom. The van der Waals surface area contributed by atoms with Crippen molar-refractivity contribution in [3.8, 4) is 0 Å². The lowest BCUT2D eigenvalue weighted by Gasteiger charge is -2.09. The van der Waals surface area contributed by atoms with E-state index in [9.17, 15) is 0 Å². The highest BCUT2D eigenvalue weighted by Crippen LogP contribution is 2.32. The van der Waals surface area contributed by atoms with Gasteiger partial charge >= 0.3 is 0 Å².